The van der Waals surface area contributed by atoms with Crippen molar-refractivity contribution in [1.29, 1.82) is 0 Å². The smallest absolute Gasteiger partial charge is 0.243 e. The lowest BCUT2D eigenvalue weighted by molar-refractivity contribution is 0.101. The number of carbonyl (C=O) groups excluding carboxylic acids is 1. The predicted octanol–water partition coefficient (Wildman–Crippen LogP) is 3.11. The lowest BCUT2D eigenvalue weighted by Gasteiger charge is -2.33. The Bertz CT molecular complexity index is 872. The van der Waals surface area contributed by atoms with Gasteiger partial charge in [-0.05, 0) is 31.2 Å². The minimum absolute atomic E-state index is 0.142. The molecule has 0 amide bonds. The number of Topliss-reactive ketones (excluding diaryl/α,β-unsaturated/α-hetero) is 1. The van der Waals surface area contributed by atoms with Gasteiger partial charge in [0.25, 0.3) is 0 Å². The number of carbonyl (C=O) groups is 1. The van der Waals surface area contributed by atoms with Crippen molar-refractivity contribution in [3.63, 3.8) is 0 Å². The van der Waals surface area contributed by atoms with Crippen LogP contribution >= 0.6 is 22.9 Å². The highest BCUT2D eigenvalue weighted by Crippen LogP contribution is 2.24. The molecule has 1 aliphatic heterocycles. The van der Waals surface area contributed by atoms with E-state index in [2.05, 4.69) is 4.90 Å². The first kappa shape index (κ1) is 18.5. The van der Waals surface area contributed by atoms with Crippen LogP contribution in [-0.4, -0.2) is 49.6 Å². The molecular formula is C17H19ClN2O3S2. The zero-order chi connectivity index (χ0) is 18.0. The van der Waals surface area contributed by atoms with Gasteiger partial charge in [0.15, 0.2) is 5.78 Å². The van der Waals surface area contributed by atoms with Gasteiger partial charge in [0.1, 0.15) is 0 Å². The number of sulfonamides is 1. The molecule has 1 aliphatic rings. The normalized spacial score (nSPS) is 16.9. The first-order valence-electron chi connectivity index (χ1n) is 7.94. The second kappa shape index (κ2) is 7.55. The van der Waals surface area contributed by atoms with Crippen molar-refractivity contribution in [2.24, 2.45) is 0 Å². The Hall–Kier alpha value is -1.25. The third-order valence-electron chi connectivity index (χ3n) is 4.22. The molecule has 0 spiro atoms. The van der Waals surface area contributed by atoms with E-state index in [9.17, 15) is 13.2 Å². The van der Waals surface area contributed by atoms with Crippen LogP contribution in [-0.2, 0) is 16.6 Å². The van der Waals surface area contributed by atoms with Gasteiger partial charge in [-0.3, -0.25) is 9.69 Å². The van der Waals surface area contributed by atoms with Gasteiger partial charge in [-0.1, -0.05) is 23.7 Å². The second-order valence-electron chi connectivity index (χ2n) is 5.97. The molecule has 0 N–H and O–H groups in total. The van der Waals surface area contributed by atoms with Crippen molar-refractivity contribution in [2.75, 3.05) is 26.2 Å². The van der Waals surface area contributed by atoms with E-state index in [1.807, 2.05) is 12.1 Å². The van der Waals surface area contributed by atoms with Crippen LogP contribution < -0.4 is 0 Å². The van der Waals surface area contributed by atoms with E-state index >= 15 is 0 Å². The number of ketones is 1. The number of rotatable bonds is 5. The minimum Gasteiger partial charge on any atom is -0.296 e. The van der Waals surface area contributed by atoms with Crippen molar-refractivity contribution >= 4 is 38.7 Å². The highest BCUT2D eigenvalue weighted by molar-refractivity contribution is 7.89. The van der Waals surface area contributed by atoms with Crippen LogP contribution in [0.2, 0.25) is 4.34 Å². The molecule has 0 bridgehead atoms. The lowest BCUT2D eigenvalue weighted by Crippen LogP contribution is -2.48. The molecule has 0 unspecified atom stereocenters. The molecule has 1 saturated heterocycles. The summed E-state index contributed by atoms with van der Waals surface area (Å²) in [4.78, 5) is 15.1. The highest BCUT2D eigenvalue weighted by Gasteiger charge is 2.28. The predicted molar refractivity (Wildman–Crippen MR) is 99.8 cm³/mol. The number of thiophene rings is 1. The lowest BCUT2D eigenvalue weighted by atomic mass is 10.2. The van der Waals surface area contributed by atoms with Crippen molar-refractivity contribution in [3.8, 4) is 0 Å². The number of halogens is 1. The molecule has 0 saturated carbocycles. The molecule has 1 fully saturated rings. The summed E-state index contributed by atoms with van der Waals surface area (Å²) in [5.74, 6) is -0.142. The Morgan fingerprint density at radius 3 is 2.48 bits per heavy atom. The fourth-order valence-corrected chi connectivity index (χ4v) is 5.41. The third-order valence-corrected chi connectivity index (χ3v) is 7.33. The molecule has 25 heavy (non-hydrogen) atoms. The van der Waals surface area contributed by atoms with Crippen LogP contribution in [0.5, 0.6) is 0 Å². The van der Waals surface area contributed by atoms with Crippen LogP contribution in [0.25, 0.3) is 0 Å². The molecule has 0 aliphatic carbocycles. The zero-order valence-electron chi connectivity index (χ0n) is 13.8. The Morgan fingerprint density at radius 1 is 1.16 bits per heavy atom. The van der Waals surface area contributed by atoms with Gasteiger partial charge in [-0.2, -0.15) is 4.31 Å². The standard InChI is InChI=1S/C17H19ClN2O3S2/c1-13(21)14-3-2-4-16(11-14)25(22,23)20-9-7-19(8-10-20)12-15-5-6-17(18)24-15/h2-6,11H,7-10,12H2,1H3. The van der Waals surface area contributed by atoms with Gasteiger partial charge in [-0.25, -0.2) is 8.42 Å². The monoisotopic (exact) mass is 398 g/mol. The topological polar surface area (TPSA) is 57.7 Å². The molecular weight excluding hydrogens is 380 g/mol. The molecule has 0 radical (unpaired) electrons. The van der Waals surface area contributed by atoms with Gasteiger partial charge in [-0.15, -0.1) is 11.3 Å². The van der Waals surface area contributed by atoms with Crippen LogP contribution in [0.3, 0.4) is 0 Å². The Morgan fingerprint density at radius 2 is 1.88 bits per heavy atom. The van der Waals surface area contributed by atoms with Gasteiger partial charge < -0.3 is 0 Å². The summed E-state index contributed by atoms with van der Waals surface area (Å²) in [6.45, 7) is 4.42. The molecule has 2 heterocycles. The molecule has 1 aromatic heterocycles. The maximum Gasteiger partial charge on any atom is 0.243 e. The van der Waals surface area contributed by atoms with Crippen LogP contribution in [0.4, 0.5) is 0 Å². The maximum absolute atomic E-state index is 12.8. The fraction of sp³-hybridized carbons (Fsp3) is 0.353. The molecule has 1 aromatic carbocycles. The molecule has 3 rings (SSSR count). The molecule has 8 heteroatoms. The van der Waals surface area contributed by atoms with Crippen molar-refractivity contribution in [2.45, 2.75) is 18.4 Å². The van der Waals surface area contributed by atoms with E-state index in [0.29, 0.717) is 31.7 Å². The van der Waals surface area contributed by atoms with E-state index in [0.717, 1.165) is 10.9 Å². The average molecular weight is 399 g/mol. The van der Waals surface area contributed by atoms with Crippen LogP contribution in [0, 0.1) is 0 Å². The van der Waals surface area contributed by atoms with Gasteiger partial charge in [0.2, 0.25) is 10.0 Å². The van der Waals surface area contributed by atoms with Gasteiger partial charge in [0.05, 0.1) is 9.23 Å². The summed E-state index contributed by atoms with van der Waals surface area (Å²) in [5.41, 5.74) is 0.411. The van der Waals surface area contributed by atoms with E-state index < -0.39 is 10.0 Å². The average Bonchev–Trinajstić information content (AvgIpc) is 3.00. The zero-order valence-corrected chi connectivity index (χ0v) is 16.2. The third kappa shape index (κ3) is 4.30. The van der Waals surface area contributed by atoms with Crippen molar-refractivity contribution in [1.82, 2.24) is 9.21 Å². The molecule has 5 nitrogen and oxygen atoms in total. The fourth-order valence-electron chi connectivity index (χ4n) is 2.81. The first-order valence-corrected chi connectivity index (χ1v) is 10.6. The van der Waals surface area contributed by atoms with Crippen molar-refractivity contribution < 1.29 is 13.2 Å². The number of hydrogen-bond donors (Lipinski definition) is 0. The Labute approximate surface area is 156 Å². The van der Waals surface area contributed by atoms with E-state index in [-0.39, 0.29) is 10.7 Å². The summed E-state index contributed by atoms with van der Waals surface area (Å²) in [6, 6.07) is 10.1. The number of piperazine rings is 1. The maximum atomic E-state index is 12.8. The van der Waals surface area contributed by atoms with Crippen LogP contribution in [0.1, 0.15) is 22.2 Å². The second-order valence-corrected chi connectivity index (χ2v) is 9.71. The van der Waals surface area contributed by atoms with Gasteiger partial charge >= 0.3 is 0 Å². The largest absolute Gasteiger partial charge is 0.296 e. The highest BCUT2D eigenvalue weighted by atomic mass is 35.5. The van der Waals surface area contributed by atoms with Crippen LogP contribution in [0.15, 0.2) is 41.3 Å². The molecule has 0 atom stereocenters. The summed E-state index contributed by atoms with van der Waals surface area (Å²) < 4.78 is 27.9. The molecule has 134 valence electrons. The number of hydrogen-bond acceptors (Lipinski definition) is 5. The van der Waals surface area contributed by atoms with Gasteiger partial charge in [0, 0.05) is 43.2 Å². The number of benzene rings is 1. The Kier molecular flexibility index (Phi) is 5.60. The number of nitrogens with zero attached hydrogens (tertiary/aromatic N) is 2. The summed E-state index contributed by atoms with van der Waals surface area (Å²) in [5, 5.41) is 0. The van der Waals surface area contributed by atoms with Crippen molar-refractivity contribution in [3.05, 3.63) is 51.2 Å². The van der Waals surface area contributed by atoms with E-state index in [1.165, 1.54) is 22.2 Å². The van der Waals surface area contributed by atoms with E-state index in [4.69, 9.17) is 11.6 Å². The first-order chi connectivity index (χ1) is 11.9. The van der Waals surface area contributed by atoms with E-state index in [1.54, 1.807) is 29.5 Å². The Balaban J connectivity index is 1.67. The SMILES string of the molecule is CC(=O)c1cccc(S(=O)(=O)N2CCN(Cc3ccc(Cl)s3)CC2)c1. The molecule has 2 aromatic rings. The quantitative estimate of drug-likeness (QED) is 0.726. The summed E-state index contributed by atoms with van der Waals surface area (Å²) in [7, 11) is -3.57. The minimum atomic E-state index is -3.57. The summed E-state index contributed by atoms with van der Waals surface area (Å²) >= 11 is 7.50. The summed E-state index contributed by atoms with van der Waals surface area (Å²) in [6.07, 6.45) is 0.